The van der Waals surface area contributed by atoms with Crippen LogP contribution in [0.2, 0.25) is 0 Å². The highest BCUT2D eigenvalue weighted by Gasteiger charge is 2.10. The smallest absolute Gasteiger partial charge is 0.308 e. The molecule has 0 aliphatic carbocycles. The van der Waals surface area contributed by atoms with Crippen LogP contribution in [-0.2, 0) is 9.53 Å². The number of rotatable bonds is 12. The van der Waals surface area contributed by atoms with Gasteiger partial charge in [0.25, 0.3) is 0 Å². The quantitative estimate of drug-likeness (QED) is 0.429. The summed E-state index contributed by atoms with van der Waals surface area (Å²) in [7, 11) is 2.00. The van der Waals surface area contributed by atoms with E-state index >= 15 is 0 Å². The molecule has 3 heteroatoms. The van der Waals surface area contributed by atoms with Gasteiger partial charge in [0, 0.05) is 0 Å². The molecule has 0 aliphatic heterocycles. The van der Waals surface area contributed by atoms with Gasteiger partial charge in [0.1, 0.15) is 0 Å². The molecular weight excluding hydrogens is 226 g/mol. The summed E-state index contributed by atoms with van der Waals surface area (Å²) in [6, 6.07) is 0. The summed E-state index contributed by atoms with van der Waals surface area (Å²) in [6.45, 7) is 5.67. The zero-order valence-electron chi connectivity index (χ0n) is 12.5. The van der Waals surface area contributed by atoms with Crippen LogP contribution in [-0.4, -0.2) is 26.2 Å². The molecule has 1 atom stereocenters. The summed E-state index contributed by atoms with van der Waals surface area (Å²) in [5.41, 5.74) is 0. The van der Waals surface area contributed by atoms with Crippen molar-refractivity contribution in [1.29, 1.82) is 0 Å². The number of hydrogen-bond donors (Lipinski definition) is 1. The Morgan fingerprint density at radius 1 is 1.06 bits per heavy atom. The van der Waals surface area contributed by atoms with Gasteiger partial charge < -0.3 is 10.1 Å². The van der Waals surface area contributed by atoms with Gasteiger partial charge in [-0.05, 0) is 32.9 Å². The van der Waals surface area contributed by atoms with E-state index in [1.807, 2.05) is 20.9 Å². The van der Waals surface area contributed by atoms with Crippen molar-refractivity contribution in [3.8, 4) is 0 Å². The number of unbranched alkanes of at least 4 members (excludes halogenated alkanes) is 6. The van der Waals surface area contributed by atoms with Crippen molar-refractivity contribution in [1.82, 2.24) is 5.32 Å². The Bertz CT molecular complexity index is 195. The van der Waals surface area contributed by atoms with E-state index in [4.69, 9.17) is 4.74 Å². The van der Waals surface area contributed by atoms with E-state index in [1.165, 1.54) is 38.5 Å². The van der Waals surface area contributed by atoms with Crippen molar-refractivity contribution in [2.45, 2.75) is 65.2 Å². The van der Waals surface area contributed by atoms with Crippen molar-refractivity contribution < 1.29 is 9.53 Å². The maximum Gasteiger partial charge on any atom is 0.308 e. The van der Waals surface area contributed by atoms with E-state index in [9.17, 15) is 4.79 Å². The Morgan fingerprint density at radius 3 is 2.17 bits per heavy atom. The van der Waals surface area contributed by atoms with E-state index in [0.29, 0.717) is 6.61 Å². The number of hydrogen-bond acceptors (Lipinski definition) is 3. The van der Waals surface area contributed by atoms with Gasteiger partial charge in [-0.3, -0.25) is 4.79 Å². The van der Waals surface area contributed by atoms with E-state index in [0.717, 1.165) is 19.4 Å². The number of carbonyl (C=O) groups excluding carboxylic acids is 1. The molecule has 0 saturated heterocycles. The van der Waals surface area contributed by atoms with Gasteiger partial charge in [-0.2, -0.15) is 0 Å². The maximum absolute atomic E-state index is 11.4. The van der Waals surface area contributed by atoms with Crippen molar-refractivity contribution in [2.24, 2.45) is 5.92 Å². The lowest BCUT2D eigenvalue weighted by molar-refractivity contribution is -0.148. The SMILES string of the molecule is CCC(C)C(=O)OCCCCCCCCCNC. The van der Waals surface area contributed by atoms with Gasteiger partial charge in [0.05, 0.1) is 12.5 Å². The Balaban J connectivity index is 3.14. The highest BCUT2D eigenvalue weighted by molar-refractivity contribution is 5.71. The molecule has 108 valence electrons. The lowest BCUT2D eigenvalue weighted by Crippen LogP contribution is -2.14. The van der Waals surface area contributed by atoms with E-state index in [-0.39, 0.29) is 11.9 Å². The standard InChI is InChI=1S/C15H31NO2/c1-4-14(2)15(17)18-13-11-9-7-5-6-8-10-12-16-3/h14,16H,4-13H2,1-3H3. The molecule has 0 heterocycles. The minimum atomic E-state index is -0.0374. The lowest BCUT2D eigenvalue weighted by Gasteiger charge is -2.08. The van der Waals surface area contributed by atoms with E-state index in [2.05, 4.69) is 5.32 Å². The zero-order chi connectivity index (χ0) is 13.6. The molecule has 0 rings (SSSR count). The number of ether oxygens (including phenoxy) is 1. The van der Waals surface area contributed by atoms with Crippen molar-refractivity contribution >= 4 is 5.97 Å². The molecule has 0 bridgehead atoms. The highest BCUT2D eigenvalue weighted by Crippen LogP contribution is 2.08. The van der Waals surface area contributed by atoms with Gasteiger partial charge >= 0.3 is 5.97 Å². The highest BCUT2D eigenvalue weighted by atomic mass is 16.5. The average molecular weight is 257 g/mol. The summed E-state index contributed by atoms with van der Waals surface area (Å²) in [6.07, 6.45) is 9.56. The first kappa shape index (κ1) is 17.4. The van der Waals surface area contributed by atoms with Crippen LogP contribution in [0.1, 0.15) is 65.2 Å². The Morgan fingerprint density at radius 2 is 1.61 bits per heavy atom. The third-order valence-corrected chi connectivity index (χ3v) is 3.33. The molecule has 0 amide bonds. The molecule has 1 unspecified atom stereocenters. The second-order valence-electron chi connectivity index (χ2n) is 5.06. The van der Waals surface area contributed by atoms with E-state index < -0.39 is 0 Å². The molecule has 3 nitrogen and oxygen atoms in total. The molecular formula is C15H31NO2. The summed E-state index contributed by atoms with van der Waals surface area (Å²) in [5.74, 6) is 0.0155. The van der Waals surface area contributed by atoms with Gasteiger partial charge in [-0.1, -0.05) is 46.0 Å². The number of esters is 1. The number of nitrogens with one attached hydrogen (secondary N) is 1. The minimum Gasteiger partial charge on any atom is -0.465 e. The van der Waals surface area contributed by atoms with Crippen molar-refractivity contribution in [3.05, 3.63) is 0 Å². The summed E-state index contributed by atoms with van der Waals surface area (Å²) in [5, 5.41) is 3.16. The molecule has 1 N–H and O–H groups in total. The molecule has 0 aliphatic rings. The first-order valence-corrected chi connectivity index (χ1v) is 7.53. The second-order valence-corrected chi connectivity index (χ2v) is 5.06. The Labute approximate surface area is 113 Å². The average Bonchev–Trinajstić information content (AvgIpc) is 2.39. The molecule has 0 aromatic rings. The maximum atomic E-state index is 11.4. The Kier molecular flexibility index (Phi) is 12.5. The predicted molar refractivity (Wildman–Crippen MR) is 76.7 cm³/mol. The summed E-state index contributed by atoms with van der Waals surface area (Å²) < 4.78 is 5.21. The van der Waals surface area contributed by atoms with Crippen LogP contribution >= 0.6 is 0 Å². The van der Waals surface area contributed by atoms with Crippen LogP contribution in [0.4, 0.5) is 0 Å². The fourth-order valence-corrected chi connectivity index (χ4v) is 1.77. The van der Waals surface area contributed by atoms with Crippen LogP contribution in [0, 0.1) is 5.92 Å². The summed E-state index contributed by atoms with van der Waals surface area (Å²) in [4.78, 5) is 11.4. The second kappa shape index (κ2) is 12.9. The molecule has 0 fully saturated rings. The predicted octanol–water partition coefficient (Wildman–Crippen LogP) is 3.53. The fourth-order valence-electron chi connectivity index (χ4n) is 1.77. The van der Waals surface area contributed by atoms with Crippen LogP contribution in [0.5, 0.6) is 0 Å². The monoisotopic (exact) mass is 257 g/mol. The first-order chi connectivity index (χ1) is 8.72. The largest absolute Gasteiger partial charge is 0.465 e. The zero-order valence-corrected chi connectivity index (χ0v) is 12.5. The van der Waals surface area contributed by atoms with Gasteiger partial charge in [0.15, 0.2) is 0 Å². The Hall–Kier alpha value is -0.570. The minimum absolute atomic E-state index is 0.0374. The van der Waals surface area contributed by atoms with Gasteiger partial charge in [0.2, 0.25) is 0 Å². The third kappa shape index (κ3) is 10.6. The van der Waals surface area contributed by atoms with E-state index in [1.54, 1.807) is 0 Å². The molecule has 0 aromatic heterocycles. The third-order valence-electron chi connectivity index (χ3n) is 3.33. The normalized spacial score (nSPS) is 12.4. The van der Waals surface area contributed by atoms with Crippen LogP contribution in [0.15, 0.2) is 0 Å². The molecule has 18 heavy (non-hydrogen) atoms. The molecule has 0 spiro atoms. The molecule has 0 saturated carbocycles. The fraction of sp³-hybridized carbons (Fsp3) is 0.933. The molecule has 0 radical (unpaired) electrons. The van der Waals surface area contributed by atoms with Crippen molar-refractivity contribution in [3.63, 3.8) is 0 Å². The summed E-state index contributed by atoms with van der Waals surface area (Å²) >= 11 is 0. The number of carbonyl (C=O) groups is 1. The van der Waals surface area contributed by atoms with Gasteiger partial charge in [-0.25, -0.2) is 0 Å². The topological polar surface area (TPSA) is 38.3 Å². The van der Waals surface area contributed by atoms with Gasteiger partial charge in [-0.15, -0.1) is 0 Å². The molecule has 0 aromatic carbocycles. The lowest BCUT2D eigenvalue weighted by atomic mass is 10.1. The van der Waals surface area contributed by atoms with Crippen LogP contribution < -0.4 is 5.32 Å². The first-order valence-electron chi connectivity index (χ1n) is 7.53. The van der Waals surface area contributed by atoms with Crippen LogP contribution in [0.25, 0.3) is 0 Å². The van der Waals surface area contributed by atoms with Crippen molar-refractivity contribution in [2.75, 3.05) is 20.2 Å². The van der Waals surface area contributed by atoms with Crippen LogP contribution in [0.3, 0.4) is 0 Å².